The van der Waals surface area contributed by atoms with Crippen LogP contribution in [0.4, 0.5) is 20.2 Å². The number of aromatic nitrogens is 3. The van der Waals surface area contributed by atoms with Gasteiger partial charge in [-0.25, -0.2) is 13.3 Å². The number of hydrogen-bond donors (Lipinski definition) is 3. The molecule has 0 spiro atoms. The summed E-state index contributed by atoms with van der Waals surface area (Å²) in [7, 11) is 0. The summed E-state index contributed by atoms with van der Waals surface area (Å²) in [5.41, 5.74) is 0.0754. The number of aliphatic hydroxyl groups is 1. The van der Waals surface area contributed by atoms with Crippen molar-refractivity contribution >= 4 is 28.7 Å². The first kappa shape index (κ1) is 26.0. The Labute approximate surface area is 221 Å². The van der Waals surface area contributed by atoms with E-state index in [-0.39, 0.29) is 23.9 Å². The second-order valence-electron chi connectivity index (χ2n) is 9.38. The fraction of sp³-hybridized carbons (Fsp3) is 0.259. The Morgan fingerprint density at radius 1 is 1.13 bits per heavy atom. The lowest BCUT2D eigenvalue weighted by Gasteiger charge is -2.16. The first-order chi connectivity index (χ1) is 18.7. The molecule has 4 aromatic rings. The molecule has 0 aliphatic heterocycles. The molecular weight excluding hydrogens is 512 g/mol. The molecule has 0 unspecified atom stereocenters. The lowest BCUT2D eigenvalue weighted by molar-refractivity contribution is -0.131. The molecule has 0 bridgehead atoms. The van der Waals surface area contributed by atoms with Crippen molar-refractivity contribution in [1.82, 2.24) is 14.6 Å². The summed E-state index contributed by atoms with van der Waals surface area (Å²) in [5.74, 6) is -1.64. The second-order valence-corrected chi connectivity index (χ2v) is 9.38. The largest absolute Gasteiger partial charge is 0.489 e. The number of amides is 2. The lowest BCUT2D eigenvalue weighted by Crippen LogP contribution is -2.35. The molecule has 1 aliphatic rings. The molecule has 2 heterocycles. The minimum absolute atomic E-state index is 0.0922. The first-order valence-corrected chi connectivity index (χ1v) is 12.2. The molecule has 39 heavy (non-hydrogen) atoms. The summed E-state index contributed by atoms with van der Waals surface area (Å²) < 4.78 is 41.0. The average Bonchev–Trinajstić information content (AvgIpc) is 3.65. The van der Waals surface area contributed by atoms with Gasteiger partial charge in [0.15, 0.2) is 0 Å². The lowest BCUT2D eigenvalue weighted by atomic mass is 10.0. The van der Waals surface area contributed by atoms with Gasteiger partial charge in [-0.2, -0.15) is 10.1 Å². The van der Waals surface area contributed by atoms with Crippen molar-refractivity contribution in [3.8, 4) is 17.4 Å². The van der Waals surface area contributed by atoms with Crippen LogP contribution >= 0.6 is 0 Å². The van der Waals surface area contributed by atoms with Crippen molar-refractivity contribution in [2.75, 3.05) is 17.2 Å². The van der Waals surface area contributed by atoms with Gasteiger partial charge in [-0.15, -0.1) is 0 Å². The molecule has 0 radical (unpaired) electrons. The summed E-state index contributed by atoms with van der Waals surface area (Å²) in [5, 5.41) is 18.7. The fourth-order valence-electron chi connectivity index (χ4n) is 4.02. The minimum Gasteiger partial charge on any atom is -0.489 e. The van der Waals surface area contributed by atoms with Gasteiger partial charge in [-0.05, 0) is 63.1 Å². The van der Waals surface area contributed by atoms with Crippen LogP contribution in [0, 0.1) is 24.0 Å². The molecule has 2 amide bonds. The number of benzene rings is 2. The van der Waals surface area contributed by atoms with E-state index in [2.05, 4.69) is 20.7 Å². The molecule has 0 saturated heterocycles. The number of carbonyl (C=O) groups excluding carboxylic acids is 2. The van der Waals surface area contributed by atoms with Gasteiger partial charge in [-0.3, -0.25) is 9.59 Å². The second kappa shape index (κ2) is 10.3. The van der Waals surface area contributed by atoms with Gasteiger partial charge >= 0.3 is 0 Å². The third-order valence-corrected chi connectivity index (χ3v) is 6.35. The summed E-state index contributed by atoms with van der Waals surface area (Å²) in [4.78, 5) is 29.8. The van der Waals surface area contributed by atoms with E-state index >= 15 is 0 Å². The molecule has 10 nitrogen and oxygen atoms in total. The molecule has 5 rings (SSSR count). The Balaban J connectivity index is 1.29. The standard InChI is InChI=1S/C27H25F2N5O5/c1-15(35)13-38-22-12-34-23(16(22)2)24(30-14-31-34)39-19-7-8-21(20(29)11-19)33-26(37)27(9-10-27)25(36)32-18-5-3-17(28)4-6-18/h3-8,11-12,14-15,35H,9-10,13H2,1-2H3,(H,32,36)(H,33,37)/t15-/m1/s1. The summed E-state index contributed by atoms with van der Waals surface area (Å²) >= 11 is 0. The molecule has 2 aromatic heterocycles. The van der Waals surface area contributed by atoms with Crippen molar-refractivity contribution in [1.29, 1.82) is 0 Å². The highest BCUT2D eigenvalue weighted by Gasteiger charge is 2.56. The molecule has 1 fully saturated rings. The number of ether oxygens (including phenoxy) is 2. The third-order valence-electron chi connectivity index (χ3n) is 6.35. The van der Waals surface area contributed by atoms with Gasteiger partial charge in [0.2, 0.25) is 17.7 Å². The smallest absolute Gasteiger partial charge is 0.247 e. The van der Waals surface area contributed by atoms with Crippen molar-refractivity contribution in [2.45, 2.75) is 32.8 Å². The van der Waals surface area contributed by atoms with Crippen LogP contribution < -0.4 is 20.1 Å². The summed E-state index contributed by atoms with van der Waals surface area (Å²) in [6.45, 7) is 3.48. The van der Waals surface area contributed by atoms with Crippen molar-refractivity contribution < 1.29 is 33.0 Å². The molecule has 1 atom stereocenters. The van der Waals surface area contributed by atoms with Gasteiger partial charge in [0.1, 0.15) is 47.0 Å². The van der Waals surface area contributed by atoms with Crippen LogP contribution in [0.2, 0.25) is 0 Å². The Hall–Kier alpha value is -4.58. The normalized spacial score (nSPS) is 14.5. The van der Waals surface area contributed by atoms with E-state index in [1.165, 1.54) is 47.2 Å². The van der Waals surface area contributed by atoms with Crippen molar-refractivity contribution in [3.05, 3.63) is 72.2 Å². The van der Waals surface area contributed by atoms with Gasteiger partial charge in [0.05, 0.1) is 18.0 Å². The molecule has 1 saturated carbocycles. The molecule has 202 valence electrons. The average molecular weight is 538 g/mol. The first-order valence-electron chi connectivity index (χ1n) is 12.2. The maximum Gasteiger partial charge on any atom is 0.247 e. The van der Waals surface area contributed by atoms with E-state index in [0.717, 1.165) is 6.07 Å². The number of nitrogens with one attached hydrogen (secondary N) is 2. The number of anilines is 2. The summed E-state index contributed by atoms with van der Waals surface area (Å²) in [6, 6.07) is 9.06. The number of aliphatic hydroxyl groups excluding tert-OH is 1. The topological polar surface area (TPSA) is 127 Å². The van der Waals surface area contributed by atoms with E-state index in [4.69, 9.17) is 9.47 Å². The quantitative estimate of drug-likeness (QED) is 0.273. The van der Waals surface area contributed by atoms with Crippen LogP contribution in [0.25, 0.3) is 5.52 Å². The highest BCUT2D eigenvalue weighted by Crippen LogP contribution is 2.47. The Bertz CT molecular complexity index is 1550. The monoisotopic (exact) mass is 537 g/mol. The van der Waals surface area contributed by atoms with Crippen LogP contribution in [0.5, 0.6) is 17.4 Å². The predicted octanol–water partition coefficient (Wildman–Crippen LogP) is 4.23. The Kier molecular flexibility index (Phi) is 6.87. The zero-order chi connectivity index (χ0) is 27.7. The number of halogens is 2. The van der Waals surface area contributed by atoms with Crippen LogP contribution in [0.3, 0.4) is 0 Å². The molecular formula is C27H25F2N5O5. The number of aryl methyl sites for hydroxylation is 1. The van der Waals surface area contributed by atoms with E-state index in [1.54, 1.807) is 20.0 Å². The van der Waals surface area contributed by atoms with Crippen LogP contribution in [0.15, 0.2) is 55.0 Å². The van der Waals surface area contributed by atoms with E-state index in [1.807, 2.05) is 0 Å². The number of rotatable bonds is 9. The van der Waals surface area contributed by atoms with Gasteiger partial charge in [-0.1, -0.05) is 0 Å². The van der Waals surface area contributed by atoms with Crippen molar-refractivity contribution in [2.24, 2.45) is 5.41 Å². The number of nitrogens with zero attached hydrogens (tertiary/aromatic N) is 3. The predicted molar refractivity (Wildman–Crippen MR) is 137 cm³/mol. The van der Waals surface area contributed by atoms with E-state index in [9.17, 15) is 23.5 Å². The maximum atomic E-state index is 15.0. The molecule has 2 aromatic carbocycles. The van der Waals surface area contributed by atoms with E-state index in [0.29, 0.717) is 35.4 Å². The Morgan fingerprint density at radius 2 is 1.85 bits per heavy atom. The van der Waals surface area contributed by atoms with Crippen LogP contribution in [-0.4, -0.2) is 44.2 Å². The number of carbonyl (C=O) groups is 2. The molecule has 12 heteroatoms. The zero-order valence-corrected chi connectivity index (χ0v) is 21.1. The Morgan fingerprint density at radius 3 is 2.51 bits per heavy atom. The minimum atomic E-state index is -1.33. The van der Waals surface area contributed by atoms with Crippen LogP contribution in [0.1, 0.15) is 25.3 Å². The van der Waals surface area contributed by atoms with Crippen LogP contribution in [-0.2, 0) is 9.59 Å². The highest BCUT2D eigenvalue weighted by molar-refractivity contribution is 6.16. The van der Waals surface area contributed by atoms with Gasteiger partial charge in [0, 0.05) is 17.3 Å². The number of fused-ring (bicyclic) bond motifs is 1. The maximum absolute atomic E-state index is 15.0. The third kappa shape index (κ3) is 5.36. The SMILES string of the molecule is Cc1c(OC[C@@H](C)O)cn2ncnc(Oc3ccc(NC(=O)C4(C(=O)Nc5ccc(F)cc5)CC4)c(F)c3)c12. The van der Waals surface area contributed by atoms with Gasteiger partial charge < -0.3 is 25.2 Å². The molecule has 3 N–H and O–H groups in total. The fourth-order valence-corrected chi connectivity index (χ4v) is 4.02. The van der Waals surface area contributed by atoms with E-state index < -0.39 is 35.0 Å². The molecule has 1 aliphatic carbocycles. The summed E-state index contributed by atoms with van der Waals surface area (Å²) in [6.07, 6.45) is 2.85. The highest BCUT2D eigenvalue weighted by atomic mass is 19.1. The van der Waals surface area contributed by atoms with Crippen molar-refractivity contribution in [3.63, 3.8) is 0 Å². The number of hydrogen-bond acceptors (Lipinski definition) is 7. The zero-order valence-electron chi connectivity index (χ0n) is 21.1. The van der Waals surface area contributed by atoms with Gasteiger partial charge in [0.25, 0.3) is 0 Å².